The standard InChI is InChI=1S/C42H29N7/c1-2-10-31(11-3-1)47(33-21-23-34(24-22-33)48-39-15-6-4-12-36(39)37-13-5-7-16-40(37)48)32-19-17-30(18-20-32)41-45-46-42(38-14-8-9-27-44-38)49(41)35-25-28-43-29-26-35/h1-29H. The van der Waals surface area contributed by atoms with Crippen LogP contribution in [0.3, 0.4) is 0 Å². The molecule has 0 bridgehead atoms. The number of pyridine rings is 2. The van der Waals surface area contributed by atoms with E-state index < -0.39 is 0 Å². The summed E-state index contributed by atoms with van der Waals surface area (Å²) in [4.78, 5) is 11.0. The van der Waals surface area contributed by atoms with Gasteiger partial charge in [-0.15, -0.1) is 10.2 Å². The van der Waals surface area contributed by atoms with Crippen molar-refractivity contribution in [2.24, 2.45) is 0 Å². The molecule has 4 heterocycles. The van der Waals surface area contributed by atoms with Crippen molar-refractivity contribution in [3.05, 3.63) is 176 Å². The number of hydrogen-bond donors (Lipinski definition) is 0. The molecule has 0 saturated carbocycles. The topological polar surface area (TPSA) is 64.7 Å². The van der Waals surface area contributed by atoms with E-state index in [1.165, 1.54) is 21.8 Å². The van der Waals surface area contributed by atoms with E-state index >= 15 is 0 Å². The van der Waals surface area contributed by atoms with Crippen LogP contribution in [-0.2, 0) is 0 Å². The summed E-state index contributed by atoms with van der Waals surface area (Å²) >= 11 is 0. The van der Waals surface area contributed by atoms with Crippen molar-refractivity contribution in [2.45, 2.75) is 0 Å². The smallest absolute Gasteiger partial charge is 0.187 e. The van der Waals surface area contributed by atoms with Gasteiger partial charge in [0.15, 0.2) is 11.6 Å². The summed E-state index contributed by atoms with van der Waals surface area (Å²) < 4.78 is 4.37. The first-order valence-electron chi connectivity index (χ1n) is 16.1. The van der Waals surface area contributed by atoms with Gasteiger partial charge >= 0.3 is 0 Å². The van der Waals surface area contributed by atoms with E-state index in [2.05, 4.69) is 151 Å². The largest absolute Gasteiger partial charge is 0.311 e. The SMILES string of the molecule is c1ccc(N(c2ccc(-c3nnc(-c4ccccn4)n3-c3ccncc3)cc2)c2ccc(-n3c4ccccc4c4ccccc43)cc2)cc1. The Balaban J connectivity index is 1.12. The van der Waals surface area contributed by atoms with Gasteiger partial charge in [0.05, 0.1) is 16.7 Å². The molecule has 0 amide bonds. The van der Waals surface area contributed by atoms with E-state index in [1.54, 1.807) is 18.6 Å². The molecule has 0 aliphatic heterocycles. The second kappa shape index (κ2) is 12.1. The minimum atomic E-state index is 0.667. The van der Waals surface area contributed by atoms with Crippen LogP contribution in [0.2, 0.25) is 0 Å². The number of hydrogen-bond acceptors (Lipinski definition) is 5. The molecular weight excluding hydrogens is 603 g/mol. The lowest BCUT2D eigenvalue weighted by Gasteiger charge is -2.26. The van der Waals surface area contributed by atoms with E-state index in [1.807, 2.05) is 41.0 Å². The third kappa shape index (κ3) is 5.01. The maximum Gasteiger partial charge on any atom is 0.187 e. The van der Waals surface area contributed by atoms with Gasteiger partial charge in [-0.2, -0.15) is 0 Å². The quantitative estimate of drug-likeness (QED) is 0.175. The molecule has 0 aliphatic carbocycles. The van der Waals surface area contributed by atoms with Gasteiger partial charge in [0, 0.05) is 57.7 Å². The van der Waals surface area contributed by atoms with Crippen molar-refractivity contribution in [2.75, 3.05) is 4.90 Å². The highest BCUT2D eigenvalue weighted by Gasteiger charge is 2.19. The van der Waals surface area contributed by atoms with Gasteiger partial charge in [-0.1, -0.05) is 60.7 Å². The molecular formula is C42H29N7. The molecule has 9 aromatic rings. The second-order valence-corrected chi connectivity index (χ2v) is 11.7. The lowest BCUT2D eigenvalue weighted by atomic mass is 10.1. The fraction of sp³-hybridized carbons (Fsp3) is 0. The predicted molar refractivity (Wildman–Crippen MR) is 197 cm³/mol. The van der Waals surface area contributed by atoms with Crippen LogP contribution < -0.4 is 4.90 Å². The van der Waals surface area contributed by atoms with Gasteiger partial charge in [0.2, 0.25) is 0 Å². The zero-order valence-corrected chi connectivity index (χ0v) is 26.4. The number of rotatable bonds is 7. The lowest BCUT2D eigenvalue weighted by Crippen LogP contribution is -2.10. The molecule has 7 nitrogen and oxygen atoms in total. The summed E-state index contributed by atoms with van der Waals surface area (Å²) in [6.07, 6.45) is 5.31. The Morgan fingerprint density at radius 2 is 0.959 bits per heavy atom. The van der Waals surface area contributed by atoms with E-state index in [0.29, 0.717) is 5.82 Å². The van der Waals surface area contributed by atoms with Crippen LogP contribution in [0.15, 0.2) is 176 Å². The Morgan fingerprint density at radius 3 is 1.61 bits per heavy atom. The Hall–Kier alpha value is -6.86. The maximum atomic E-state index is 4.64. The van der Waals surface area contributed by atoms with Crippen molar-refractivity contribution in [3.8, 4) is 34.3 Å². The van der Waals surface area contributed by atoms with E-state index in [-0.39, 0.29) is 0 Å². The highest BCUT2D eigenvalue weighted by atomic mass is 15.3. The first-order valence-corrected chi connectivity index (χ1v) is 16.1. The van der Waals surface area contributed by atoms with E-state index in [9.17, 15) is 0 Å². The zero-order valence-electron chi connectivity index (χ0n) is 26.4. The van der Waals surface area contributed by atoms with Crippen LogP contribution >= 0.6 is 0 Å². The fourth-order valence-electron chi connectivity index (χ4n) is 6.61. The Kier molecular flexibility index (Phi) is 6.98. The number of anilines is 3. The molecule has 0 radical (unpaired) electrons. The van der Waals surface area contributed by atoms with Gasteiger partial charge in [-0.05, 0) is 97.1 Å². The number of nitrogens with zero attached hydrogens (tertiary/aromatic N) is 7. The first-order chi connectivity index (χ1) is 24.3. The third-order valence-corrected chi connectivity index (χ3v) is 8.82. The van der Waals surface area contributed by atoms with Crippen LogP contribution in [-0.4, -0.2) is 29.3 Å². The van der Waals surface area contributed by atoms with Crippen LogP contribution in [0.25, 0.3) is 56.1 Å². The van der Waals surface area contributed by atoms with Crippen molar-refractivity contribution >= 4 is 38.9 Å². The molecule has 4 aromatic heterocycles. The number of fused-ring (bicyclic) bond motifs is 3. The van der Waals surface area contributed by atoms with Gasteiger partial charge < -0.3 is 9.47 Å². The molecule has 0 saturated heterocycles. The van der Waals surface area contributed by atoms with Crippen LogP contribution in [0, 0.1) is 0 Å². The average molecular weight is 632 g/mol. The van der Waals surface area contributed by atoms with E-state index in [0.717, 1.165) is 45.5 Å². The third-order valence-electron chi connectivity index (χ3n) is 8.82. The molecule has 0 unspecified atom stereocenters. The van der Waals surface area contributed by atoms with Crippen molar-refractivity contribution in [1.29, 1.82) is 0 Å². The van der Waals surface area contributed by atoms with Crippen molar-refractivity contribution < 1.29 is 0 Å². The van der Waals surface area contributed by atoms with Gasteiger partial charge in [0.25, 0.3) is 0 Å². The van der Waals surface area contributed by atoms with Crippen molar-refractivity contribution in [1.82, 2.24) is 29.3 Å². The predicted octanol–water partition coefficient (Wildman–Crippen LogP) is 9.96. The van der Waals surface area contributed by atoms with E-state index in [4.69, 9.17) is 0 Å². The molecule has 5 aromatic carbocycles. The molecule has 0 aliphatic rings. The summed E-state index contributed by atoms with van der Waals surface area (Å²) in [5.41, 5.74) is 9.24. The minimum absolute atomic E-state index is 0.667. The number of aromatic nitrogens is 6. The fourth-order valence-corrected chi connectivity index (χ4v) is 6.61. The zero-order chi connectivity index (χ0) is 32.6. The molecule has 7 heteroatoms. The monoisotopic (exact) mass is 631 g/mol. The molecule has 0 fully saturated rings. The summed E-state index contributed by atoms with van der Waals surface area (Å²) in [6, 6.07) is 54.6. The Morgan fingerprint density at radius 1 is 0.408 bits per heavy atom. The van der Waals surface area contributed by atoms with Gasteiger partial charge in [-0.3, -0.25) is 14.5 Å². The normalized spacial score (nSPS) is 11.3. The minimum Gasteiger partial charge on any atom is -0.311 e. The summed E-state index contributed by atoms with van der Waals surface area (Å²) in [6.45, 7) is 0. The highest BCUT2D eigenvalue weighted by molar-refractivity contribution is 6.09. The van der Waals surface area contributed by atoms with Crippen LogP contribution in [0.1, 0.15) is 0 Å². The molecule has 0 atom stereocenters. The summed E-state index contributed by atoms with van der Waals surface area (Å²) in [5, 5.41) is 11.7. The average Bonchev–Trinajstić information content (AvgIpc) is 3.77. The molecule has 0 N–H and O–H groups in total. The molecule has 0 spiro atoms. The maximum absolute atomic E-state index is 4.64. The van der Waals surface area contributed by atoms with Crippen LogP contribution in [0.5, 0.6) is 0 Å². The van der Waals surface area contributed by atoms with Gasteiger partial charge in [-0.25, -0.2) is 0 Å². The molecule has 232 valence electrons. The molecule has 49 heavy (non-hydrogen) atoms. The molecule has 9 rings (SSSR count). The number of para-hydroxylation sites is 3. The Bertz CT molecular complexity index is 2470. The summed E-state index contributed by atoms with van der Waals surface area (Å²) in [7, 11) is 0. The highest BCUT2D eigenvalue weighted by Crippen LogP contribution is 2.38. The van der Waals surface area contributed by atoms with Gasteiger partial charge in [0.1, 0.15) is 5.69 Å². The first kappa shape index (κ1) is 28.4. The second-order valence-electron chi connectivity index (χ2n) is 11.7. The number of benzene rings is 5. The Labute approximate surface area is 283 Å². The van der Waals surface area contributed by atoms with Crippen molar-refractivity contribution in [3.63, 3.8) is 0 Å². The summed E-state index contributed by atoms with van der Waals surface area (Å²) in [5.74, 6) is 1.39. The van der Waals surface area contributed by atoms with Crippen LogP contribution in [0.4, 0.5) is 17.1 Å². The lowest BCUT2D eigenvalue weighted by molar-refractivity contribution is 1.05.